The normalized spacial score (nSPS) is 12.1. The topological polar surface area (TPSA) is 53.2 Å². The standard InChI is InChI=1S/C34H33N6O/c1-22-23(2)39-32(36-22)19-26(20-33(39)38-16-15-37(6)21-38)41-25-11-12-28-27-9-7-8-10-29(27)40(30(28)18-25)31-17-24(13-14-35-31)34(3,4)5/h7-21H,1-6H3/q+1. The van der Waals surface area contributed by atoms with Gasteiger partial charge in [0.15, 0.2) is 0 Å². The van der Waals surface area contributed by atoms with Crippen LogP contribution in [0.15, 0.2) is 91.6 Å². The molecule has 0 aliphatic heterocycles. The van der Waals surface area contributed by atoms with Crippen molar-refractivity contribution in [2.24, 2.45) is 7.05 Å². The van der Waals surface area contributed by atoms with Crippen LogP contribution in [0, 0.1) is 13.8 Å². The molecule has 0 amide bonds. The molecule has 204 valence electrons. The summed E-state index contributed by atoms with van der Waals surface area (Å²) < 4.78 is 15.1. The summed E-state index contributed by atoms with van der Waals surface area (Å²) in [5.41, 5.74) is 6.37. The zero-order valence-corrected chi connectivity index (χ0v) is 24.3. The van der Waals surface area contributed by atoms with Crippen LogP contribution in [0.1, 0.15) is 37.7 Å². The second kappa shape index (κ2) is 9.06. The lowest BCUT2D eigenvalue weighted by Gasteiger charge is -2.20. The molecule has 0 unspecified atom stereocenters. The largest absolute Gasteiger partial charge is 0.457 e. The molecule has 0 atom stereocenters. The Kier molecular flexibility index (Phi) is 5.54. The van der Waals surface area contributed by atoms with Crippen LogP contribution in [0.25, 0.3) is 39.1 Å². The number of benzene rings is 2. The molecule has 0 saturated heterocycles. The lowest BCUT2D eigenvalue weighted by molar-refractivity contribution is -0.670. The number of nitrogens with zero attached hydrogens (tertiary/aromatic N) is 6. The van der Waals surface area contributed by atoms with E-state index in [4.69, 9.17) is 14.7 Å². The van der Waals surface area contributed by atoms with Crippen molar-refractivity contribution in [1.82, 2.24) is 23.5 Å². The van der Waals surface area contributed by atoms with E-state index in [1.54, 1.807) is 0 Å². The maximum Gasteiger partial charge on any atom is 0.249 e. The van der Waals surface area contributed by atoms with Crippen LogP contribution < -0.4 is 9.30 Å². The number of imidazole rings is 2. The predicted octanol–water partition coefficient (Wildman–Crippen LogP) is 7.15. The quantitative estimate of drug-likeness (QED) is 0.222. The first kappa shape index (κ1) is 25.1. The van der Waals surface area contributed by atoms with Crippen LogP contribution in [-0.2, 0) is 12.5 Å². The number of hydrogen-bond acceptors (Lipinski definition) is 3. The van der Waals surface area contributed by atoms with Gasteiger partial charge in [0, 0.05) is 40.9 Å². The Morgan fingerprint density at radius 1 is 0.854 bits per heavy atom. The van der Waals surface area contributed by atoms with E-state index in [-0.39, 0.29) is 5.41 Å². The van der Waals surface area contributed by atoms with E-state index in [2.05, 4.69) is 95.8 Å². The van der Waals surface area contributed by atoms with E-state index >= 15 is 0 Å². The van der Waals surface area contributed by atoms with Crippen molar-refractivity contribution in [3.8, 4) is 23.1 Å². The summed E-state index contributed by atoms with van der Waals surface area (Å²) in [7, 11) is 2.01. The van der Waals surface area contributed by atoms with Crippen molar-refractivity contribution >= 4 is 27.5 Å². The third-order valence-electron chi connectivity index (χ3n) is 7.90. The Labute approximate surface area is 238 Å². The fourth-order valence-corrected chi connectivity index (χ4v) is 5.62. The van der Waals surface area contributed by atoms with Gasteiger partial charge in [-0.05, 0) is 55.2 Å². The van der Waals surface area contributed by atoms with Crippen LogP contribution in [0.4, 0.5) is 0 Å². The van der Waals surface area contributed by atoms with Crippen molar-refractivity contribution in [3.05, 3.63) is 109 Å². The molecule has 7 heteroatoms. The molecule has 0 N–H and O–H groups in total. The maximum absolute atomic E-state index is 6.57. The summed E-state index contributed by atoms with van der Waals surface area (Å²) in [6.07, 6.45) is 8.00. The number of aromatic nitrogens is 6. The lowest BCUT2D eigenvalue weighted by Crippen LogP contribution is -2.23. The van der Waals surface area contributed by atoms with Crippen LogP contribution in [0.5, 0.6) is 11.5 Å². The first-order valence-electron chi connectivity index (χ1n) is 13.9. The molecule has 0 aliphatic rings. The molecule has 0 aliphatic carbocycles. The Hall–Kier alpha value is -4.91. The van der Waals surface area contributed by atoms with E-state index < -0.39 is 0 Å². The average Bonchev–Trinajstić information content (AvgIpc) is 3.61. The highest BCUT2D eigenvalue weighted by molar-refractivity contribution is 6.09. The highest BCUT2D eigenvalue weighted by atomic mass is 16.5. The van der Waals surface area contributed by atoms with Crippen molar-refractivity contribution in [3.63, 3.8) is 0 Å². The van der Waals surface area contributed by atoms with Crippen molar-refractivity contribution < 1.29 is 9.30 Å². The zero-order chi connectivity index (χ0) is 28.5. The maximum atomic E-state index is 6.57. The number of pyridine rings is 2. The summed E-state index contributed by atoms with van der Waals surface area (Å²) in [6, 6.07) is 23.1. The third-order valence-corrected chi connectivity index (χ3v) is 7.90. The molecule has 5 aromatic heterocycles. The molecule has 5 heterocycles. The summed E-state index contributed by atoms with van der Waals surface area (Å²) in [5.74, 6) is 3.34. The summed E-state index contributed by atoms with van der Waals surface area (Å²) >= 11 is 0. The Bertz CT molecular complexity index is 2100. The highest BCUT2D eigenvalue weighted by Crippen LogP contribution is 2.36. The van der Waals surface area contributed by atoms with Crippen LogP contribution in [0.2, 0.25) is 0 Å². The number of fused-ring (bicyclic) bond motifs is 4. The Balaban J connectivity index is 1.39. The lowest BCUT2D eigenvalue weighted by atomic mass is 9.88. The van der Waals surface area contributed by atoms with Crippen LogP contribution in [-0.4, -0.2) is 23.5 Å². The summed E-state index contributed by atoms with van der Waals surface area (Å²) in [5, 5.41) is 2.34. The van der Waals surface area contributed by atoms with E-state index in [1.165, 1.54) is 10.9 Å². The molecule has 7 aromatic rings. The predicted molar refractivity (Wildman–Crippen MR) is 163 cm³/mol. The van der Waals surface area contributed by atoms with Gasteiger partial charge in [-0.2, -0.15) is 4.57 Å². The van der Waals surface area contributed by atoms with E-state index in [1.807, 2.05) is 55.6 Å². The minimum Gasteiger partial charge on any atom is -0.457 e. The van der Waals surface area contributed by atoms with Crippen molar-refractivity contribution in [2.45, 2.75) is 40.0 Å². The molecule has 7 rings (SSSR count). The van der Waals surface area contributed by atoms with Gasteiger partial charge in [0.1, 0.15) is 35.4 Å². The van der Waals surface area contributed by atoms with Gasteiger partial charge < -0.3 is 4.74 Å². The molecule has 0 spiro atoms. The first-order valence-corrected chi connectivity index (χ1v) is 13.9. The van der Waals surface area contributed by atoms with Gasteiger partial charge in [-0.1, -0.05) is 39.0 Å². The van der Waals surface area contributed by atoms with Gasteiger partial charge in [0.05, 0.1) is 23.8 Å². The second-order valence-corrected chi connectivity index (χ2v) is 11.8. The number of aryl methyl sites for hydroxylation is 3. The summed E-state index contributed by atoms with van der Waals surface area (Å²) in [6.45, 7) is 10.8. The fraction of sp³-hybridized carbons (Fsp3) is 0.206. The second-order valence-electron chi connectivity index (χ2n) is 11.8. The van der Waals surface area contributed by atoms with Gasteiger partial charge in [-0.25, -0.2) is 14.5 Å². The van der Waals surface area contributed by atoms with Crippen molar-refractivity contribution in [1.29, 1.82) is 0 Å². The smallest absolute Gasteiger partial charge is 0.249 e. The van der Waals surface area contributed by atoms with E-state index in [9.17, 15) is 0 Å². The Morgan fingerprint density at radius 2 is 1.66 bits per heavy atom. The zero-order valence-electron chi connectivity index (χ0n) is 24.3. The highest BCUT2D eigenvalue weighted by Gasteiger charge is 2.20. The monoisotopic (exact) mass is 541 g/mol. The number of rotatable bonds is 4. The SMILES string of the molecule is Cc1nc2cc(Oc3ccc4c5ccccc5n(-c5cc(C(C)(C)C)ccn5)c4c3)cc(-n3cc[n+](C)c3)n2c1C. The van der Waals surface area contributed by atoms with E-state index in [0.717, 1.165) is 56.6 Å². The van der Waals surface area contributed by atoms with Gasteiger partial charge in [-0.15, -0.1) is 0 Å². The number of hydrogen-bond donors (Lipinski definition) is 0. The molecular weight excluding hydrogens is 508 g/mol. The first-order chi connectivity index (χ1) is 19.7. The molecule has 0 radical (unpaired) electrons. The fourth-order valence-electron chi connectivity index (χ4n) is 5.62. The average molecular weight is 542 g/mol. The molecule has 0 fully saturated rings. The van der Waals surface area contributed by atoms with Gasteiger partial charge in [-0.3, -0.25) is 8.97 Å². The summed E-state index contributed by atoms with van der Waals surface area (Å²) in [4.78, 5) is 9.63. The third kappa shape index (κ3) is 4.16. The van der Waals surface area contributed by atoms with Crippen molar-refractivity contribution in [2.75, 3.05) is 0 Å². The van der Waals surface area contributed by atoms with E-state index in [0.29, 0.717) is 0 Å². The molecule has 41 heavy (non-hydrogen) atoms. The van der Waals surface area contributed by atoms with Crippen LogP contribution >= 0.6 is 0 Å². The minimum atomic E-state index is 0.0153. The van der Waals surface area contributed by atoms with Crippen LogP contribution in [0.3, 0.4) is 0 Å². The number of para-hydroxylation sites is 1. The molecule has 7 nitrogen and oxygen atoms in total. The Morgan fingerprint density at radius 3 is 2.44 bits per heavy atom. The molecule has 0 saturated carbocycles. The van der Waals surface area contributed by atoms with Gasteiger partial charge >= 0.3 is 0 Å². The minimum absolute atomic E-state index is 0.0153. The molecular formula is C34H33N6O+. The molecule has 2 aromatic carbocycles. The molecule has 0 bridgehead atoms. The number of ether oxygens (including phenoxy) is 1. The van der Waals surface area contributed by atoms with Gasteiger partial charge in [0.2, 0.25) is 12.1 Å². The van der Waals surface area contributed by atoms with Gasteiger partial charge in [0.25, 0.3) is 0 Å².